The fourth-order valence-corrected chi connectivity index (χ4v) is 5.76. The molecule has 1 unspecified atom stereocenters. The van der Waals surface area contributed by atoms with Crippen molar-refractivity contribution in [2.45, 2.75) is 58.4 Å². The summed E-state index contributed by atoms with van der Waals surface area (Å²) in [5, 5.41) is 17.8. The van der Waals surface area contributed by atoms with Crippen molar-refractivity contribution in [3.63, 3.8) is 0 Å². The summed E-state index contributed by atoms with van der Waals surface area (Å²) >= 11 is 12.2. The van der Waals surface area contributed by atoms with Gasteiger partial charge in [-0.15, -0.1) is 0 Å². The van der Waals surface area contributed by atoms with Crippen molar-refractivity contribution in [3.05, 3.63) is 92.0 Å². The van der Waals surface area contributed by atoms with Gasteiger partial charge in [0.25, 0.3) is 5.91 Å². The van der Waals surface area contributed by atoms with E-state index >= 15 is 0 Å². The first-order chi connectivity index (χ1) is 19.1. The van der Waals surface area contributed by atoms with E-state index < -0.39 is 22.8 Å². The fraction of sp³-hybridized carbons (Fsp3) is 0.303. The molecule has 1 heterocycles. The van der Waals surface area contributed by atoms with Crippen LogP contribution in [0.3, 0.4) is 0 Å². The lowest BCUT2D eigenvalue weighted by Crippen LogP contribution is -2.36. The minimum absolute atomic E-state index is 0.197. The summed E-state index contributed by atoms with van der Waals surface area (Å²) < 4.78 is 0. The predicted octanol–water partition coefficient (Wildman–Crippen LogP) is 8.05. The minimum Gasteiger partial charge on any atom is -0.507 e. The third-order valence-electron chi connectivity index (χ3n) is 7.64. The number of amides is 1. The van der Waals surface area contributed by atoms with Crippen LogP contribution in [0.15, 0.2) is 48.5 Å². The third-order valence-corrected chi connectivity index (χ3v) is 8.36. The standard InChI is InChI=1S/C33H32Cl2N2O4/c1-32(2,3)20-12-17(13-21(30(20)40)33(4,5)6)31(41)37-25-9-7-8-16-10-11-24(36-27(16)25)26-28(38)18-14-22(34)23(35)15-19(18)29(26)39/h7-15,24,26,36,40H,1-6H3,(H,37,41). The lowest BCUT2D eigenvalue weighted by molar-refractivity contribution is 0.0832. The molecule has 8 heteroatoms. The second-order valence-corrected chi connectivity index (χ2v) is 13.5. The highest BCUT2D eigenvalue weighted by atomic mass is 35.5. The Hall–Kier alpha value is -3.61. The Balaban J connectivity index is 1.47. The van der Waals surface area contributed by atoms with Gasteiger partial charge in [-0.2, -0.15) is 0 Å². The van der Waals surface area contributed by atoms with Crippen molar-refractivity contribution in [2.75, 3.05) is 10.6 Å². The quantitative estimate of drug-likeness (QED) is 0.268. The third kappa shape index (κ3) is 5.15. The molecular weight excluding hydrogens is 559 g/mol. The number of halogens is 2. The minimum atomic E-state index is -0.992. The molecule has 0 saturated carbocycles. The molecule has 3 aromatic carbocycles. The molecule has 3 N–H and O–H groups in total. The lowest BCUT2D eigenvalue weighted by Gasteiger charge is -2.29. The van der Waals surface area contributed by atoms with Crippen LogP contribution in [0.2, 0.25) is 10.0 Å². The average molecular weight is 592 g/mol. The zero-order chi connectivity index (χ0) is 30.0. The van der Waals surface area contributed by atoms with Crippen LogP contribution < -0.4 is 10.6 Å². The van der Waals surface area contributed by atoms with Crippen LogP contribution in [0.25, 0.3) is 6.08 Å². The number of anilines is 2. The molecule has 3 aromatic rings. The van der Waals surface area contributed by atoms with E-state index in [9.17, 15) is 19.5 Å². The molecule has 5 rings (SSSR count). The van der Waals surface area contributed by atoms with Crippen LogP contribution in [0, 0.1) is 5.92 Å². The first kappa shape index (κ1) is 28.9. The summed E-state index contributed by atoms with van der Waals surface area (Å²) in [5.41, 5.74) is 3.44. The first-order valence-electron chi connectivity index (χ1n) is 13.4. The Morgan fingerprint density at radius 3 is 1.93 bits per heavy atom. The largest absolute Gasteiger partial charge is 0.507 e. The van der Waals surface area contributed by atoms with Crippen molar-refractivity contribution < 1.29 is 19.5 Å². The number of benzene rings is 3. The molecule has 0 radical (unpaired) electrons. The van der Waals surface area contributed by atoms with Crippen molar-refractivity contribution in [1.29, 1.82) is 0 Å². The Bertz CT molecular complexity index is 1580. The Morgan fingerprint density at radius 2 is 1.41 bits per heavy atom. The number of aromatic hydroxyl groups is 1. The number of carbonyl (C=O) groups excluding carboxylic acids is 3. The SMILES string of the molecule is CC(C)(C)c1cc(C(=O)Nc2cccc3c2NC(C2C(=O)c4cc(Cl)c(Cl)cc4C2=O)C=C3)cc(C(C)(C)C)c1O. The molecule has 212 valence electrons. The Labute approximate surface area is 249 Å². The molecular formula is C33H32Cl2N2O4. The Morgan fingerprint density at radius 1 is 0.878 bits per heavy atom. The molecule has 0 saturated heterocycles. The van der Waals surface area contributed by atoms with E-state index in [4.69, 9.17) is 23.2 Å². The molecule has 41 heavy (non-hydrogen) atoms. The maximum Gasteiger partial charge on any atom is 0.255 e. The molecule has 2 aliphatic rings. The topological polar surface area (TPSA) is 95.5 Å². The van der Waals surface area contributed by atoms with Gasteiger partial charge in [0.15, 0.2) is 11.6 Å². The fourth-order valence-electron chi connectivity index (χ4n) is 5.43. The van der Waals surface area contributed by atoms with E-state index in [1.807, 2.05) is 59.8 Å². The highest BCUT2D eigenvalue weighted by Crippen LogP contribution is 2.41. The molecule has 0 fully saturated rings. The number of ketones is 2. The molecule has 1 aliphatic heterocycles. The Kier molecular flexibility index (Phi) is 7.07. The zero-order valence-corrected chi connectivity index (χ0v) is 25.3. The average Bonchev–Trinajstić information content (AvgIpc) is 3.11. The number of nitrogens with one attached hydrogen (secondary N) is 2. The van der Waals surface area contributed by atoms with Crippen LogP contribution in [-0.4, -0.2) is 28.6 Å². The number of Topliss-reactive ketones (excluding diaryl/α,β-unsaturated/α-hetero) is 2. The van der Waals surface area contributed by atoms with Gasteiger partial charge >= 0.3 is 0 Å². The summed E-state index contributed by atoms with van der Waals surface area (Å²) in [6.07, 6.45) is 3.63. The first-order valence-corrected chi connectivity index (χ1v) is 14.2. The van der Waals surface area contributed by atoms with E-state index in [1.165, 1.54) is 12.1 Å². The molecule has 0 aromatic heterocycles. The summed E-state index contributed by atoms with van der Waals surface area (Å²) in [4.78, 5) is 40.2. The number of fused-ring (bicyclic) bond motifs is 2. The normalized spacial score (nSPS) is 16.8. The summed E-state index contributed by atoms with van der Waals surface area (Å²) in [6.45, 7) is 12.0. The highest BCUT2D eigenvalue weighted by molar-refractivity contribution is 6.43. The maximum atomic E-state index is 13.7. The van der Waals surface area contributed by atoms with E-state index in [1.54, 1.807) is 24.3 Å². The number of hydrogen-bond acceptors (Lipinski definition) is 5. The van der Waals surface area contributed by atoms with Gasteiger partial charge in [0, 0.05) is 27.8 Å². The van der Waals surface area contributed by atoms with Crippen LogP contribution in [-0.2, 0) is 10.8 Å². The number of para-hydroxylation sites is 1. The second-order valence-electron chi connectivity index (χ2n) is 12.7. The van der Waals surface area contributed by atoms with Crippen molar-refractivity contribution in [3.8, 4) is 5.75 Å². The van der Waals surface area contributed by atoms with Gasteiger partial charge in [0.05, 0.1) is 27.5 Å². The van der Waals surface area contributed by atoms with Gasteiger partial charge < -0.3 is 15.7 Å². The number of rotatable bonds is 3. The van der Waals surface area contributed by atoms with Gasteiger partial charge in [-0.1, -0.05) is 89.0 Å². The summed E-state index contributed by atoms with van der Waals surface area (Å²) in [6, 6.07) is 11.2. The van der Waals surface area contributed by atoms with Crippen LogP contribution >= 0.6 is 23.2 Å². The van der Waals surface area contributed by atoms with Gasteiger partial charge in [-0.05, 0) is 46.7 Å². The molecule has 6 nitrogen and oxygen atoms in total. The van der Waals surface area contributed by atoms with E-state index in [2.05, 4.69) is 10.6 Å². The van der Waals surface area contributed by atoms with E-state index in [-0.39, 0.29) is 44.4 Å². The zero-order valence-electron chi connectivity index (χ0n) is 23.8. The van der Waals surface area contributed by atoms with Crippen LogP contribution in [0.1, 0.15) is 89.3 Å². The molecule has 0 bridgehead atoms. The van der Waals surface area contributed by atoms with E-state index in [0.29, 0.717) is 28.1 Å². The van der Waals surface area contributed by atoms with Gasteiger partial charge in [-0.25, -0.2) is 0 Å². The lowest BCUT2D eigenvalue weighted by atomic mass is 9.78. The number of hydrogen-bond donors (Lipinski definition) is 3. The summed E-state index contributed by atoms with van der Waals surface area (Å²) in [7, 11) is 0. The van der Waals surface area contributed by atoms with Crippen LogP contribution in [0.4, 0.5) is 11.4 Å². The molecule has 1 amide bonds. The van der Waals surface area contributed by atoms with E-state index in [0.717, 1.165) is 5.56 Å². The van der Waals surface area contributed by atoms with Crippen molar-refractivity contribution in [1.82, 2.24) is 0 Å². The van der Waals surface area contributed by atoms with Gasteiger partial charge in [-0.3, -0.25) is 14.4 Å². The van der Waals surface area contributed by atoms with Crippen LogP contribution in [0.5, 0.6) is 5.75 Å². The van der Waals surface area contributed by atoms with Gasteiger partial charge in [0.2, 0.25) is 0 Å². The summed E-state index contributed by atoms with van der Waals surface area (Å²) in [5.74, 6) is -1.79. The number of carbonyl (C=O) groups is 3. The number of phenols is 1. The number of phenolic OH excluding ortho intramolecular Hbond substituents is 1. The molecule has 1 aliphatic carbocycles. The highest BCUT2D eigenvalue weighted by Gasteiger charge is 2.44. The maximum absolute atomic E-state index is 13.7. The monoisotopic (exact) mass is 590 g/mol. The van der Waals surface area contributed by atoms with Crippen molar-refractivity contribution >= 4 is 58.1 Å². The smallest absolute Gasteiger partial charge is 0.255 e. The predicted molar refractivity (Wildman–Crippen MR) is 165 cm³/mol. The second kappa shape index (κ2) is 10.0. The molecule has 0 spiro atoms. The van der Waals surface area contributed by atoms with Gasteiger partial charge in [0.1, 0.15) is 11.7 Å². The molecule has 1 atom stereocenters. The van der Waals surface area contributed by atoms with Crippen molar-refractivity contribution in [2.24, 2.45) is 5.92 Å².